The summed E-state index contributed by atoms with van der Waals surface area (Å²) in [5.41, 5.74) is 7.09. The van der Waals surface area contributed by atoms with Gasteiger partial charge in [-0.05, 0) is 26.0 Å². The number of pyridine rings is 1. The molecule has 2 rings (SSSR count). The number of nitrogens with two attached hydrogens (primary N) is 1. The number of nitrogens with one attached hydrogen (secondary N) is 1. The summed E-state index contributed by atoms with van der Waals surface area (Å²) in [5, 5.41) is 3.10. The maximum atomic E-state index is 5.68. The zero-order valence-electron chi connectivity index (χ0n) is 10.7. The number of nitrogen functional groups attached to an aromatic ring is 1. The SMILES string of the molecule is COc1nc(NCc2nc(C)c(C)o2)ccc1N. The summed E-state index contributed by atoms with van der Waals surface area (Å²) < 4.78 is 10.5. The first kappa shape index (κ1) is 12.2. The molecule has 0 fully saturated rings. The first-order valence-electron chi connectivity index (χ1n) is 5.57. The lowest BCUT2D eigenvalue weighted by Crippen LogP contribution is -2.03. The third kappa shape index (κ3) is 2.53. The van der Waals surface area contributed by atoms with Crippen molar-refractivity contribution >= 4 is 11.5 Å². The minimum Gasteiger partial charge on any atom is -0.479 e. The molecule has 2 aromatic heterocycles. The molecule has 0 bridgehead atoms. The van der Waals surface area contributed by atoms with Crippen molar-refractivity contribution < 1.29 is 9.15 Å². The molecular formula is C12H16N4O2. The van der Waals surface area contributed by atoms with Crippen molar-refractivity contribution in [3.05, 3.63) is 29.5 Å². The van der Waals surface area contributed by atoms with E-state index in [1.165, 1.54) is 7.11 Å². The van der Waals surface area contributed by atoms with Crippen LogP contribution in [0.25, 0.3) is 0 Å². The van der Waals surface area contributed by atoms with Gasteiger partial charge in [-0.3, -0.25) is 0 Å². The van der Waals surface area contributed by atoms with Crippen LogP contribution < -0.4 is 15.8 Å². The molecule has 6 nitrogen and oxygen atoms in total. The van der Waals surface area contributed by atoms with Crippen LogP contribution in [0.1, 0.15) is 17.3 Å². The van der Waals surface area contributed by atoms with Gasteiger partial charge in [0.05, 0.1) is 25.0 Å². The van der Waals surface area contributed by atoms with Gasteiger partial charge < -0.3 is 20.2 Å². The molecule has 0 atom stereocenters. The molecule has 0 amide bonds. The van der Waals surface area contributed by atoms with Crippen LogP contribution in [0, 0.1) is 13.8 Å². The summed E-state index contributed by atoms with van der Waals surface area (Å²) in [5.74, 6) is 2.52. The predicted molar refractivity (Wildman–Crippen MR) is 68.5 cm³/mol. The van der Waals surface area contributed by atoms with Gasteiger partial charge in [0.2, 0.25) is 11.8 Å². The van der Waals surface area contributed by atoms with Crippen molar-refractivity contribution in [2.45, 2.75) is 20.4 Å². The Morgan fingerprint density at radius 2 is 2.11 bits per heavy atom. The van der Waals surface area contributed by atoms with E-state index in [1.54, 1.807) is 12.1 Å². The number of nitrogens with zero attached hydrogens (tertiary/aromatic N) is 2. The zero-order chi connectivity index (χ0) is 13.1. The van der Waals surface area contributed by atoms with E-state index >= 15 is 0 Å². The molecule has 18 heavy (non-hydrogen) atoms. The minimum absolute atomic E-state index is 0.403. The highest BCUT2D eigenvalue weighted by Gasteiger charge is 2.07. The van der Waals surface area contributed by atoms with Crippen molar-refractivity contribution in [1.29, 1.82) is 0 Å². The van der Waals surface area contributed by atoms with Gasteiger partial charge in [-0.2, -0.15) is 4.98 Å². The highest BCUT2D eigenvalue weighted by Crippen LogP contribution is 2.20. The monoisotopic (exact) mass is 248 g/mol. The number of hydrogen-bond acceptors (Lipinski definition) is 6. The topological polar surface area (TPSA) is 86.2 Å². The molecule has 0 aliphatic carbocycles. The molecule has 0 radical (unpaired) electrons. The predicted octanol–water partition coefficient (Wildman–Crippen LogP) is 1.89. The Morgan fingerprint density at radius 1 is 1.33 bits per heavy atom. The Hall–Kier alpha value is -2.24. The van der Waals surface area contributed by atoms with Crippen LogP contribution in [0.4, 0.5) is 11.5 Å². The van der Waals surface area contributed by atoms with Crippen LogP contribution in [0.3, 0.4) is 0 Å². The standard InChI is InChI=1S/C12H16N4O2/c1-7-8(2)18-11(15-7)6-14-10-5-4-9(13)12(16-10)17-3/h4-5H,6,13H2,1-3H3,(H,14,16). The number of rotatable bonds is 4. The van der Waals surface area contributed by atoms with E-state index < -0.39 is 0 Å². The number of hydrogen-bond donors (Lipinski definition) is 2. The molecule has 0 unspecified atom stereocenters. The molecule has 0 aromatic carbocycles. The van der Waals surface area contributed by atoms with Crippen LogP contribution in [0.2, 0.25) is 0 Å². The summed E-state index contributed by atoms with van der Waals surface area (Å²) in [6, 6.07) is 3.51. The molecule has 0 aliphatic rings. The van der Waals surface area contributed by atoms with E-state index in [0.717, 1.165) is 11.5 Å². The summed E-state index contributed by atoms with van der Waals surface area (Å²) in [6.45, 7) is 4.26. The van der Waals surface area contributed by atoms with Crippen LogP contribution in [-0.2, 0) is 6.54 Å². The molecule has 0 saturated heterocycles. The van der Waals surface area contributed by atoms with E-state index in [0.29, 0.717) is 29.8 Å². The number of methoxy groups -OCH3 is 1. The molecule has 6 heteroatoms. The first-order chi connectivity index (χ1) is 8.60. The molecule has 3 N–H and O–H groups in total. The number of aryl methyl sites for hydroxylation is 2. The largest absolute Gasteiger partial charge is 0.479 e. The highest BCUT2D eigenvalue weighted by atomic mass is 16.5. The molecule has 0 aliphatic heterocycles. The first-order valence-corrected chi connectivity index (χ1v) is 5.57. The van der Waals surface area contributed by atoms with Gasteiger partial charge in [0.15, 0.2) is 0 Å². The third-order valence-electron chi connectivity index (χ3n) is 2.58. The second-order valence-electron chi connectivity index (χ2n) is 3.90. The van der Waals surface area contributed by atoms with Crippen molar-refractivity contribution in [2.75, 3.05) is 18.2 Å². The van der Waals surface area contributed by atoms with Crippen LogP contribution in [-0.4, -0.2) is 17.1 Å². The van der Waals surface area contributed by atoms with Crippen LogP contribution in [0.15, 0.2) is 16.5 Å². The second kappa shape index (κ2) is 4.95. The fourth-order valence-corrected chi connectivity index (χ4v) is 1.49. The fraction of sp³-hybridized carbons (Fsp3) is 0.333. The van der Waals surface area contributed by atoms with E-state index in [4.69, 9.17) is 14.9 Å². The van der Waals surface area contributed by atoms with Gasteiger partial charge in [-0.15, -0.1) is 0 Å². The normalized spacial score (nSPS) is 10.4. The number of aromatic nitrogens is 2. The summed E-state index contributed by atoms with van der Waals surface area (Å²) in [6.07, 6.45) is 0. The van der Waals surface area contributed by atoms with Crippen molar-refractivity contribution in [3.63, 3.8) is 0 Å². The lowest BCUT2D eigenvalue weighted by molar-refractivity contribution is 0.400. The van der Waals surface area contributed by atoms with Gasteiger partial charge in [0, 0.05) is 0 Å². The van der Waals surface area contributed by atoms with Gasteiger partial charge in [-0.25, -0.2) is 4.98 Å². The average molecular weight is 248 g/mol. The van der Waals surface area contributed by atoms with Gasteiger partial charge in [0.1, 0.15) is 11.6 Å². The number of oxazole rings is 1. The Balaban J connectivity index is 2.06. The molecule has 2 aromatic rings. The average Bonchev–Trinajstić information content (AvgIpc) is 2.68. The molecule has 96 valence electrons. The van der Waals surface area contributed by atoms with E-state index in [1.807, 2.05) is 13.8 Å². The Kier molecular flexibility index (Phi) is 3.36. The summed E-state index contributed by atoms with van der Waals surface area (Å²) in [4.78, 5) is 8.48. The van der Waals surface area contributed by atoms with Gasteiger partial charge >= 0.3 is 0 Å². The fourth-order valence-electron chi connectivity index (χ4n) is 1.49. The minimum atomic E-state index is 0.403. The van der Waals surface area contributed by atoms with Gasteiger partial charge in [0.25, 0.3) is 0 Å². The molecular weight excluding hydrogens is 232 g/mol. The Labute approximate surface area is 105 Å². The van der Waals surface area contributed by atoms with E-state index in [9.17, 15) is 0 Å². The highest BCUT2D eigenvalue weighted by molar-refractivity contribution is 5.53. The Bertz CT molecular complexity index is 532. The maximum Gasteiger partial charge on any atom is 0.238 e. The molecule has 0 saturated carbocycles. The lowest BCUT2D eigenvalue weighted by atomic mass is 10.4. The van der Waals surface area contributed by atoms with E-state index in [2.05, 4.69) is 15.3 Å². The summed E-state index contributed by atoms with van der Waals surface area (Å²) >= 11 is 0. The van der Waals surface area contributed by atoms with Crippen molar-refractivity contribution in [3.8, 4) is 5.88 Å². The number of ether oxygens (including phenoxy) is 1. The van der Waals surface area contributed by atoms with E-state index in [-0.39, 0.29) is 0 Å². The Morgan fingerprint density at radius 3 is 2.72 bits per heavy atom. The smallest absolute Gasteiger partial charge is 0.238 e. The van der Waals surface area contributed by atoms with Gasteiger partial charge in [-0.1, -0.05) is 0 Å². The summed E-state index contributed by atoms with van der Waals surface area (Å²) in [7, 11) is 1.53. The number of anilines is 2. The zero-order valence-corrected chi connectivity index (χ0v) is 10.7. The quantitative estimate of drug-likeness (QED) is 0.859. The van der Waals surface area contributed by atoms with Crippen molar-refractivity contribution in [2.24, 2.45) is 0 Å². The van der Waals surface area contributed by atoms with Crippen LogP contribution >= 0.6 is 0 Å². The second-order valence-corrected chi connectivity index (χ2v) is 3.90. The maximum absolute atomic E-state index is 5.68. The van der Waals surface area contributed by atoms with Crippen molar-refractivity contribution in [1.82, 2.24) is 9.97 Å². The molecule has 2 heterocycles. The van der Waals surface area contributed by atoms with Crippen LogP contribution in [0.5, 0.6) is 5.88 Å². The lowest BCUT2D eigenvalue weighted by Gasteiger charge is -2.07. The molecule has 0 spiro atoms. The third-order valence-corrected chi connectivity index (χ3v) is 2.58.